The van der Waals surface area contributed by atoms with Crippen LogP contribution < -0.4 is 16.0 Å². The van der Waals surface area contributed by atoms with Crippen LogP contribution in [0.25, 0.3) is 10.1 Å². The smallest absolute Gasteiger partial charge is 0.235 e. The summed E-state index contributed by atoms with van der Waals surface area (Å²) in [6, 6.07) is 8.43. The van der Waals surface area contributed by atoms with Crippen molar-refractivity contribution >= 4 is 39.3 Å². The van der Waals surface area contributed by atoms with Gasteiger partial charge in [-0.2, -0.15) is 4.37 Å². The van der Waals surface area contributed by atoms with E-state index in [2.05, 4.69) is 43.8 Å². The van der Waals surface area contributed by atoms with Crippen LogP contribution in [0.4, 0.5) is 5.82 Å². The third kappa shape index (κ3) is 4.85. The van der Waals surface area contributed by atoms with E-state index in [0.29, 0.717) is 19.4 Å². The molecule has 1 saturated carbocycles. The lowest BCUT2D eigenvalue weighted by atomic mass is 9.72. The van der Waals surface area contributed by atoms with E-state index in [1.165, 1.54) is 10.1 Å². The molecule has 31 heavy (non-hydrogen) atoms. The number of unbranched alkanes of at least 4 members (excludes halogenated alkanes) is 1. The minimum Gasteiger partial charge on any atom is -0.369 e. The zero-order chi connectivity index (χ0) is 21.7. The average Bonchev–Trinajstić information content (AvgIpc) is 3.23. The summed E-state index contributed by atoms with van der Waals surface area (Å²) >= 11 is 1.57. The second-order valence-corrected chi connectivity index (χ2v) is 9.61. The van der Waals surface area contributed by atoms with Crippen LogP contribution in [0.1, 0.15) is 44.9 Å². The first-order valence-electron chi connectivity index (χ1n) is 11.5. The van der Waals surface area contributed by atoms with Crippen molar-refractivity contribution in [3.05, 3.63) is 24.3 Å². The molecular formula is C23H33N5O2S. The van der Waals surface area contributed by atoms with Crippen molar-refractivity contribution in [2.75, 3.05) is 44.2 Å². The van der Waals surface area contributed by atoms with Crippen LogP contribution in [0, 0.1) is 5.41 Å². The van der Waals surface area contributed by atoms with E-state index in [1.54, 1.807) is 11.5 Å². The van der Waals surface area contributed by atoms with E-state index in [1.807, 2.05) is 0 Å². The molecule has 2 heterocycles. The standard InChI is InChI=1S/C23H33N5O2S/c24-21(29)23(10-4-1-5-11-23)22(30)25-12-6-7-13-27-14-16-28(17-15-27)20-18-8-2-3-9-19(18)31-26-20/h2-3,8-9H,1,4-7,10-17H2,(H2,24,29)(H,25,30). The van der Waals surface area contributed by atoms with Gasteiger partial charge in [-0.25, -0.2) is 0 Å². The van der Waals surface area contributed by atoms with Gasteiger partial charge in [-0.3, -0.25) is 14.5 Å². The van der Waals surface area contributed by atoms with Gasteiger partial charge in [0.2, 0.25) is 11.8 Å². The van der Waals surface area contributed by atoms with Crippen LogP contribution in [0.2, 0.25) is 0 Å². The topological polar surface area (TPSA) is 91.6 Å². The van der Waals surface area contributed by atoms with Crippen molar-refractivity contribution < 1.29 is 9.59 Å². The van der Waals surface area contributed by atoms with Crippen LogP contribution in [0.15, 0.2) is 24.3 Å². The predicted molar refractivity (Wildman–Crippen MR) is 125 cm³/mol. The second-order valence-electron chi connectivity index (χ2n) is 8.80. The molecule has 2 amide bonds. The van der Waals surface area contributed by atoms with Crippen molar-refractivity contribution in [1.29, 1.82) is 0 Å². The Morgan fingerprint density at radius 3 is 2.55 bits per heavy atom. The highest BCUT2D eigenvalue weighted by atomic mass is 32.1. The predicted octanol–water partition coefficient (Wildman–Crippen LogP) is 2.75. The maximum atomic E-state index is 12.6. The number of nitrogens with one attached hydrogen (secondary N) is 1. The Balaban J connectivity index is 1.16. The molecular weight excluding hydrogens is 410 g/mol. The number of aromatic nitrogens is 1. The van der Waals surface area contributed by atoms with E-state index in [4.69, 9.17) is 5.73 Å². The molecule has 1 aromatic carbocycles. The van der Waals surface area contributed by atoms with E-state index in [9.17, 15) is 9.59 Å². The maximum Gasteiger partial charge on any atom is 0.235 e. The molecule has 0 atom stereocenters. The number of hydrogen-bond acceptors (Lipinski definition) is 6. The number of nitrogens with zero attached hydrogens (tertiary/aromatic N) is 3. The van der Waals surface area contributed by atoms with Crippen molar-refractivity contribution in [2.24, 2.45) is 11.1 Å². The zero-order valence-electron chi connectivity index (χ0n) is 18.1. The quantitative estimate of drug-likeness (QED) is 0.484. The fraction of sp³-hybridized carbons (Fsp3) is 0.609. The first kappa shape index (κ1) is 22.0. The number of rotatable bonds is 8. The SMILES string of the molecule is NC(=O)C1(C(=O)NCCCCN2CCN(c3nsc4ccccc34)CC2)CCCCC1. The fourth-order valence-corrected chi connectivity index (χ4v) is 5.65. The number of piperazine rings is 1. The molecule has 0 radical (unpaired) electrons. The van der Waals surface area contributed by atoms with Crippen LogP contribution in [-0.4, -0.2) is 60.4 Å². The van der Waals surface area contributed by atoms with E-state index in [-0.39, 0.29) is 5.91 Å². The Morgan fingerprint density at radius 1 is 1.06 bits per heavy atom. The summed E-state index contributed by atoms with van der Waals surface area (Å²) < 4.78 is 5.92. The summed E-state index contributed by atoms with van der Waals surface area (Å²) in [5.41, 5.74) is 4.62. The summed E-state index contributed by atoms with van der Waals surface area (Å²) in [6.45, 7) is 5.68. The molecule has 168 valence electrons. The molecule has 1 aromatic heterocycles. The molecule has 0 bridgehead atoms. The van der Waals surface area contributed by atoms with Crippen molar-refractivity contribution in [3.8, 4) is 0 Å². The lowest BCUT2D eigenvalue weighted by Gasteiger charge is -2.35. The zero-order valence-corrected chi connectivity index (χ0v) is 19.0. The van der Waals surface area contributed by atoms with Gasteiger partial charge in [0.25, 0.3) is 0 Å². The summed E-state index contributed by atoms with van der Waals surface area (Å²) in [4.78, 5) is 29.5. The number of nitrogens with two attached hydrogens (primary N) is 1. The maximum absolute atomic E-state index is 12.6. The lowest BCUT2D eigenvalue weighted by Crippen LogP contribution is -2.51. The largest absolute Gasteiger partial charge is 0.369 e. The lowest BCUT2D eigenvalue weighted by molar-refractivity contribution is -0.144. The summed E-state index contributed by atoms with van der Waals surface area (Å²) in [5.74, 6) is 0.494. The number of benzene rings is 1. The van der Waals surface area contributed by atoms with Crippen molar-refractivity contribution in [1.82, 2.24) is 14.6 Å². The third-order valence-electron chi connectivity index (χ3n) is 6.83. The summed E-state index contributed by atoms with van der Waals surface area (Å²) in [6.07, 6.45) is 6.01. The highest BCUT2D eigenvalue weighted by molar-refractivity contribution is 7.13. The normalized spacial score (nSPS) is 19.4. The molecule has 2 fully saturated rings. The number of fused-ring (bicyclic) bond motifs is 1. The molecule has 0 spiro atoms. The first-order chi connectivity index (χ1) is 15.1. The van der Waals surface area contributed by atoms with Gasteiger partial charge < -0.3 is 16.0 Å². The van der Waals surface area contributed by atoms with Gasteiger partial charge in [0.1, 0.15) is 11.2 Å². The highest BCUT2D eigenvalue weighted by Crippen LogP contribution is 2.36. The highest BCUT2D eigenvalue weighted by Gasteiger charge is 2.44. The van der Waals surface area contributed by atoms with Gasteiger partial charge in [0, 0.05) is 38.1 Å². The summed E-state index contributed by atoms with van der Waals surface area (Å²) in [7, 11) is 0. The second kappa shape index (κ2) is 9.96. The number of primary amides is 1. The van der Waals surface area contributed by atoms with Crippen molar-refractivity contribution in [3.63, 3.8) is 0 Å². The van der Waals surface area contributed by atoms with Gasteiger partial charge in [-0.05, 0) is 55.9 Å². The number of amides is 2. The van der Waals surface area contributed by atoms with Gasteiger partial charge >= 0.3 is 0 Å². The molecule has 0 unspecified atom stereocenters. The Hall–Kier alpha value is -2.19. The molecule has 1 aliphatic heterocycles. The molecule has 2 aliphatic rings. The van der Waals surface area contributed by atoms with Gasteiger partial charge in [-0.15, -0.1) is 0 Å². The Labute approximate surface area is 188 Å². The molecule has 3 N–H and O–H groups in total. The van der Waals surface area contributed by atoms with Gasteiger partial charge in [0.05, 0.1) is 4.70 Å². The Morgan fingerprint density at radius 2 is 1.81 bits per heavy atom. The van der Waals surface area contributed by atoms with E-state index < -0.39 is 11.3 Å². The van der Waals surface area contributed by atoms with Crippen LogP contribution >= 0.6 is 11.5 Å². The Bertz CT molecular complexity index is 900. The van der Waals surface area contributed by atoms with Crippen LogP contribution in [0.3, 0.4) is 0 Å². The first-order valence-corrected chi connectivity index (χ1v) is 12.3. The van der Waals surface area contributed by atoms with Gasteiger partial charge in [-0.1, -0.05) is 31.4 Å². The van der Waals surface area contributed by atoms with Gasteiger partial charge in [0.15, 0.2) is 0 Å². The van der Waals surface area contributed by atoms with Crippen molar-refractivity contribution in [2.45, 2.75) is 44.9 Å². The third-order valence-corrected chi connectivity index (χ3v) is 7.65. The Kier molecular flexibility index (Phi) is 7.07. The van der Waals surface area contributed by atoms with Crippen LogP contribution in [0.5, 0.6) is 0 Å². The fourth-order valence-electron chi connectivity index (χ4n) is 4.86. The number of carbonyl (C=O) groups is 2. The number of carbonyl (C=O) groups excluding carboxylic acids is 2. The molecule has 8 heteroatoms. The van der Waals surface area contributed by atoms with E-state index >= 15 is 0 Å². The molecule has 7 nitrogen and oxygen atoms in total. The number of anilines is 1. The molecule has 4 rings (SSSR count). The summed E-state index contributed by atoms with van der Waals surface area (Å²) in [5, 5.41) is 4.23. The van der Waals surface area contributed by atoms with Crippen LogP contribution in [-0.2, 0) is 9.59 Å². The molecule has 1 saturated heterocycles. The molecule has 2 aromatic rings. The monoisotopic (exact) mass is 443 g/mol. The minimum absolute atomic E-state index is 0.163. The number of hydrogen-bond donors (Lipinski definition) is 2. The van der Waals surface area contributed by atoms with E-state index in [0.717, 1.165) is 70.6 Å². The average molecular weight is 444 g/mol. The molecule has 1 aliphatic carbocycles. The minimum atomic E-state index is -0.978.